The van der Waals surface area contributed by atoms with Gasteiger partial charge in [0.15, 0.2) is 0 Å². The summed E-state index contributed by atoms with van der Waals surface area (Å²) in [5.74, 6) is 1.06. The lowest BCUT2D eigenvalue weighted by molar-refractivity contribution is -0.120. The Morgan fingerprint density at radius 1 is 1.43 bits per heavy atom. The highest BCUT2D eigenvalue weighted by Crippen LogP contribution is 2.25. The molecule has 1 aromatic rings. The number of rotatable bonds is 4. The summed E-state index contributed by atoms with van der Waals surface area (Å²) >= 11 is 0. The number of β-amino-alcohol motifs (C(OH)–C–C–N with tert-alkyl or cyclic N) is 1. The van der Waals surface area contributed by atoms with Crippen LogP contribution in [-0.2, 0) is 17.6 Å². The van der Waals surface area contributed by atoms with Crippen LogP contribution >= 0.6 is 12.4 Å². The van der Waals surface area contributed by atoms with E-state index in [0.29, 0.717) is 19.5 Å². The van der Waals surface area contributed by atoms with Crippen molar-refractivity contribution in [2.24, 2.45) is 5.92 Å². The number of halogens is 1. The standard InChI is InChI=1S/C15H20N2O3.ClH/c18-13-9-16-7-12(13)8-17-15(19)6-10-1-2-14-11(5-10)3-4-20-14;/h1-2,5,12-13,16,18H,3-4,6-9H2,(H,17,19);1H. The SMILES string of the molecule is Cl.O=C(Cc1ccc2c(c1)CCO2)NCC1CNCC1O. The van der Waals surface area contributed by atoms with Gasteiger partial charge in [-0.15, -0.1) is 12.4 Å². The molecule has 0 saturated carbocycles. The zero-order valence-electron chi connectivity index (χ0n) is 11.8. The zero-order valence-corrected chi connectivity index (χ0v) is 12.6. The molecule has 2 heterocycles. The molecule has 0 radical (unpaired) electrons. The van der Waals surface area contributed by atoms with E-state index < -0.39 is 0 Å². The quantitative estimate of drug-likeness (QED) is 0.747. The second kappa shape index (κ2) is 7.11. The molecule has 21 heavy (non-hydrogen) atoms. The number of ether oxygens (including phenoxy) is 1. The Balaban J connectivity index is 0.00000161. The van der Waals surface area contributed by atoms with Gasteiger partial charge in [0.25, 0.3) is 0 Å². The van der Waals surface area contributed by atoms with Gasteiger partial charge in [-0.05, 0) is 17.2 Å². The number of benzene rings is 1. The molecule has 116 valence electrons. The Morgan fingerprint density at radius 3 is 3.05 bits per heavy atom. The van der Waals surface area contributed by atoms with E-state index in [1.54, 1.807) is 0 Å². The van der Waals surface area contributed by atoms with Crippen molar-refractivity contribution in [3.05, 3.63) is 29.3 Å². The molecule has 6 heteroatoms. The molecule has 3 rings (SSSR count). The zero-order chi connectivity index (χ0) is 13.9. The summed E-state index contributed by atoms with van der Waals surface area (Å²) in [6.07, 6.45) is 0.946. The summed E-state index contributed by atoms with van der Waals surface area (Å²) in [5.41, 5.74) is 2.20. The van der Waals surface area contributed by atoms with Crippen molar-refractivity contribution in [2.75, 3.05) is 26.2 Å². The Hall–Kier alpha value is -1.30. The molecule has 0 aliphatic carbocycles. The van der Waals surface area contributed by atoms with Crippen LogP contribution in [0, 0.1) is 5.92 Å². The minimum atomic E-state index is -0.354. The van der Waals surface area contributed by atoms with Gasteiger partial charge in [0.05, 0.1) is 19.1 Å². The fraction of sp³-hybridized carbons (Fsp3) is 0.533. The van der Waals surface area contributed by atoms with Crippen molar-refractivity contribution in [2.45, 2.75) is 18.9 Å². The van der Waals surface area contributed by atoms with E-state index in [9.17, 15) is 9.90 Å². The molecule has 0 spiro atoms. The molecule has 0 bridgehead atoms. The third kappa shape index (κ3) is 3.87. The third-order valence-corrected chi connectivity index (χ3v) is 3.98. The van der Waals surface area contributed by atoms with E-state index in [0.717, 1.165) is 30.9 Å². The van der Waals surface area contributed by atoms with Crippen LogP contribution in [0.15, 0.2) is 18.2 Å². The molecule has 2 aliphatic rings. The molecule has 0 aromatic heterocycles. The first-order chi connectivity index (χ1) is 9.72. The summed E-state index contributed by atoms with van der Waals surface area (Å²) in [7, 11) is 0. The normalized spacial score (nSPS) is 23.1. The Kier molecular flexibility index (Phi) is 5.45. The summed E-state index contributed by atoms with van der Waals surface area (Å²) in [6.45, 7) is 2.64. The first-order valence-electron chi connectivity index (χ1n) is 7.12. The molecule has 1 aromatic carbocycles. The third-order valence-electron chi connectivity index (χ3n) is 3.98. The van der Waals surface area contributed by atoms with Gasteiger partial charge in [0, 0.05) is 32.0 Å². The number of fused-ring (bicyclic) bond motifs is 1. The van der Waals surface area contributed by atoms with Gasteiger partial charge < -0.3 is 20.5 Å². The lowest BCUT2D eigenvalue weighted by Crippen LogP contribution is -2.35. The fourth-order valence-corrected chi connectivity index (χ4v) is 2.77. The maximum Gasteiger partial charge on any atom is 0.224 e. The molecule has 1 fully saturated rings. The van der Waals surface area contributed by atoms with Gasteiger partial charge in [0.2, 0.25) is 5.91 Å². The number of amides is 1. The van der Waals surface area contributed by atoms with Crippen molar-refractivity contribution in [3.63, 3.8) is 0 Å². The number of carbonyl (C=O) groups excluding carboxylic acids is 1. The number of aliphatic hydroxyl groups excluding tert-OH is 1. The van der Waals surface area contributed by atoms with Crippen molar-refractivity contribution in [1.29, 1.82) is 0 Å². The molecule has 2 aliphatic heterocycles. The van der Waals surface area contributed by atoms with Crippen LogP contribution < -0.4 is 15.4 Å². The van der Waals surface area contributed by atoms with Gasteiger partial charge >= 0.3 is 0 Å². The van der Waals surface area contributed by atoms with Crippen LogP contribution in [0.25, 0.3) is 0 Å². The summed E-state index contributed by atoms with van der Waals surface area (Å²) in [4.78, 5) is 11.9. The van der Waals surface area contributed by atoms with Crippen LogP contribution in [0.2, 0.25) is 0 Å². The van der Waals surface area contributed by atoms with Crippen LogP contribution in [0.3, 0.4) is 0 Å². The van der Waals surface area contributed by atoms with E-state index in [1.807, 2.05) is 18.2 Å². The monoisotopic (exact) mass is 312 g/mol. The first-order valence-corrected chi connectivity index (χ1v) is 7.12. The predicted molar refractivity (Wildman–Crippen MR) is 82.0 cm³/mol. The molecule has 3 N–H and O–H groups in total. The molecule has 2 atom stereocenters. The van der Waals surface area contributed by atoms with E-state index in [4.69, 9.17) is 4.74 Å². The highest BCUT2D eigenvalue weighted by molar-refractivity contribution is 5.85. The predicted octanol–water partition coefficient (Wildman–Crippen LogP) is 0.282. The lowest BCUT2D eigenvalue weighted by Gasteiger charge is -2.14. The van der Waals surface area contributed by atoms with Crippen LogP contribution in [0.5, 0.6) is 5.75 Å². The van der Waals surface area contributed by atoms with Crippen LogP contribution in [-0.4, -0.2) is 43.4 Å². The average Bonchev–Trinajstić information content (AvgIpc) is 3.04. The van der Waals surface area contributed by atoms with Crippen molar-refractivity contribution in [3.8, 4) is 5.75 Å². The van der Waals surface area contributed by atoms with E-state index in [-0.39, 0.29) is 30.3 Å². The molecular formula is C15H21ClN2O3. The topological polar surface area (TPSA) is 70.6 Å². The van der Waals surface area contributed by atoms with Crippen molar-refractivity contribution >= 4 is 18.3 Å². The lowest BCUT2D eigenvalue weighted by atomic mass is 10.0. The minimum Gasteiger partial charge on any atom is -0.493 e. The van der Waals surface area contributed by atoms with Gasteiger partial charge in [-0.1, -0.05) is 12.1 Å². The Morgan fingerprint density at radius 2 is 2.29 bits per heavy atom. The van der Waals surface area contributed by atoms with E-state index in [2.05, 4.69) is 10.6 Å². The molecule has 1 saturated heterocycles. The number of carbonyl (C=O) groups is 1. The van der Waals surface area contributed by atoms with E-state index >= 15 is 0 Å². The van der Waals surface area contributed by atoms with Gasteiger partial charge in [-0.2, -0.15) is 0 Å². The second-order valence-corrected chi connectivity index (χ2v) is 5.51. The van der Waals surface area contributed by atoms with Crippen LogP contribution in [0.1, 0.15) is 11.1 Å². The minimum absolute atomic E-state index is 0. The highest BCUT2D eigenvalue weighted by Gasteiger charge is 2.25. The Bertz CT molecular complexity index is 510. The maximum absolute atomic E-state index is 11.9. The summed E-state index contributed by atoms with van der Waals surface area (Å²) in [5, 5.41) is 15.7. The number of hydrogen-bond acceptors (Lipinski definition) is 4. The van der Waals surface area contributed by atoms with E-state index in [1.165, 1.54) is 5.56 Å². The average molecular weight is 313 g/mol. The summed E-state index contributed by atoms with van der Waals surface area (Å²) < 4.78 is 5.45. The molecule has 5 nitrogen and oxygen atoms in total. The number of nitrogens with one attached hydrogen (secondary N) is 2. The second-order valence-electron chi connectivity index (χ2n) is 5.51. The molecule has 2 unspecified atom stereocenters. The van der Waals surface area contributed by atoms with Gasteiger partial charge in [-0.25, -0.2) is 0 Å². The molecule has 1 amide bonds. The van der Waals surface area contributed by atoms with Gasteiger partial charge in [0.1, 0.15) is 5.75 Å². The largest absolute Gasteiger partial charge is 0.493 e. The highest BCUT2D eigenvalue weighted by atomic mass is 35.5. The molecular weight excluding hydrogens is 292 g/mol. The maximum atomic E-state index is 11.9. The first kappa shape index (κ1) is 16.1. The van der Waals surface area contributed by atoms with Crippen LogP contribution in [0.4, 0.5) is 0 Å². The van der Waals surface area contributed by atoms with Crippen molar-refractivity contribution < 1.29 is 14.6 Å². The van der Waals surface area contributed by atoms with Crippen molar-refractivity contribution in [1.82, 2.24) is 10.6 Å². The smallest absolute Gasteiger partial charge is 0.224 e. The number of hydrogen-bond donors (Lipinski definition) is 3. The Labute approximate surface area is 130 Å². The summed E-state index contributed by atoms with van der Waals surface area (Å²) in [6, 6.07) is 5.93. The van der Waals surface area contributed by atoms with Gasteiger partial charge in [-0.3, -0.25) is 4.79 Å². The fourth-order valence-electron chi connectivity index (χ4n) is 2.77. The number of aliphatic hydroxyl groups is 1.